The van der Waals surface area contributed by atoms with E-state index < -0.39 is 0 Å². The minimum absolute atomic E-state index is 0.00773. The Bertz CT molecular complexity index is 3860. The van der Waals surface area contributed by atoms with Gasteiger partial charge in [0, 0.05) is 59.1 Å². The highest BCUT2D eigenvalue weighted by molar-refractivity contribution is 7.26. The normalized spacial score (nSPS) is 28.5. The molecule has 2 aromatic heterocycles. The molecule has 338 valence electrons. The molecule has 0 unspecified atom stereocenters. The quantitative estimate of drug-likeness (QED) is 0.160. The number of aromatic nitrogens is 1. The van der Waals surface area contributed by atoms with Crippen LogP contribution in [0.2, 0.25) is 0 Å². The van der Waals surface area contributed by atoms with Crippen molar-refractivity contribution in [1.29, 1.82) is 0 Å². The summed E-state index contributed by atoms with van der Waals surface area (Å²) in [7, 11) is 0. The lowest BCUT2D eigenvalue weighted by Gasteiger charge is -2.57. The van der Waals surface area contributed by atoms with Crippen LogP contribution in [0.15, 0.2) is 152 Å². The van der Waals surface area contributed by atoms with Crippen molar-refractivity contribution in [2.45, 2.75) is 87.9 Å². The van der Waals surface area contributed by atoms with E-state index in [-0.39, 0.29) is 12.3 Å². The summed E-state index contributed by atoms with van der Waals surface area (Å²) in [4.78, 5) is 2.81. The van der Waals surface area contributed by atoms with Crippen LogP contribution in [0.1, 0.15) is 88.2 Å². The zero-order valence-corrected chi connectivity index (χ0v) is 40.6. The maximum atomic E-state index is 2.83. The fourth-order valence-corrected chi connectivity index (χ4v) is 20.0. The molecule has 8 bridgehead atoms. The summed E-state index contributed by atoms with van der Waals surface area (Å²) >= 11 is 2.01. The van der Waals surface area contributed by atoms with Crippen LogP contribution in [0.5, 0.6) is 0 Å². The van der Waals surface area contributed by atoms with Gasteiger partial charge in [0.1, 0.15) is 0 Å². The number of nitrogens with zero attached hydrogens (tertiary/aromatic N) is 2. The molecule has 2 aliphatic heterocycles. The third-order valence-electron chi connectivity index (χ3n) is 20.6. The topological polar surface area (TPSA) is 8.17 Å². The predicted molar refractivity (Wildman–Crippen MR) is 295 cm³/mol. The van der Waals surface area contributed by atoms with Gasteiger partial charge >= 0.3 is 6.85 Å². The molecule has 0 spiro atoms. The second-order valence-electron chi connectivity index (χ2n) is 24.5. The van der Waals surface area contributed by atoms with Crippen LogP contribution in [0.4, 0.5) is 11.4 Å². The molecule has 8 fully saturated rings. The first-order valence-corrected chi connectivity index (χ1v) is 27.9. The molecule has 8 aliphatic carbocycles. The highest BCUT2D eigenvalue weighted by atomic mass is 32.1. The smallest absolute Gasteiger partial charge is 0.333 e. The Morgan fingerprint density at radius 2 is 1.07 bits per heavy atom. The Morgan fingerprint density at radius 1 is 0.471 bits per heavy atom. The highest BCUT2D eigenvalue weighted by Gasteiger charge is 2.54. The molecule has 4 heteroatoms. The Labute approximate surface area is 414 Å². The second-order valence-corrected chi connectivity index (χ2v) is 25.5. The Kier molecular flexibility index (Phi) is 7.42. The van der Waals surface area contributed by atoms with E-state index in [1.807, 2.05) is 11.3 Å². The van der Waals surface area contributed by atoms with E-state index >= 15 is 0 Å². The van der Waals surface area contributed by atoms with Crippen molar-refractivity contribution < 1.29 is 0 Å². The van der Waals surface area contributed by atoms with Crippen LogP contribution in [0.25, 0.3) is 80.7 Å². The molecular formula is C66H55BN2S. The van der Waals surface area contributed by atoms with Gasteiger partial charge in [-0.3, -0.25) is 0 Å². The molecule has 10 aromatic rings. The average Bonchev–Trinajstić information content (AvgIpc) is 3.92. The molecule has 4 heterocycles. The maximum absolute atomic E-state index is 2.83. The molecule has 0 saturated heterocycles. The van der Waals surface area contributed by atoms with E-state index in [0.29, 0.717) is 5.41 Å². The number of benzene rings is 8. The summed E-state index contributed by atoms with van der Waals surface area (Å²) in [5.74, 6) is 5.39. The van der Waals surface area contributed by atoms with Gasteiger partial charge in [-0.1, -0.05) is 97.1 Å². The van der Waals surface area contributed by atoms with Crippen molar-refractivity contribution in [3.05, 3.63) is 163 Å². The van der Waals surface area contributed by atoms with Gasteiger partial charge < -0.3 is 9.38 Å². The number of thiophene rings is 1. The van der Waals surface area contributed by atoms with Gasteiger partial charge in [-0.25, -0.2) is 0 Å². The first-order valence-electron chi connectivity index (χ1n) is 27.1. The van der Waals surface area contributed by atoms with Gasteiger partial charge in [-0.2, -0.15) is 0 Å². The first-order chi connectivity index (χ1) is 34.5. The number of hydrogen-bond acceptors (Lipinski definition) is 2. The van der Waals surface area contributed by atoms with Crippen LogP contribution in [-0.2, 0) is 10.8 Å². The van der Waals surface area contributed by atoms with Crippen molar-refractivity contribution in [3.8, 4) is 27.9 Å². The largest absolute Gasteiger partial charge is 0.376 e. The van der Waals surface area contributed by atoms with Gasteiger partial charge in [0.05, 0.1) is 11.0 Å². The number of hydrogen-bond donors (Lipinski definition) is 0. The monoisotopic (exact) mass is 918 g/mol. The van der Waals surface area contributed by atoms with Gasteiger partial charge in [-0.15, -0.1) is 11.3 Å². The summed E-state index contributed by atoms with van der Waals surface area (Å²) in [5.41, 5.74) is 19.0. The van der Waals surface area contributed by atoms with Gasteiger partial charge in [0.2, 0.25) is 0 Å². The number of anilines is 2. The molecule has 8 aromatic carbocycles. The molecule has 20 rings (SSSR count). The van der Waals surface area contributed by atoms with E-state index in [1.54, 1.807) is 11.1 Å². The Hall–Kier alpha value is -6.10. The van der Waals surface area contributed by atoms with Crippen molar-refractivity contribution in [2.24, 2.45) is 35.5 Å². The first kappa shape index (κ1) is 38.6. The van der Waals surface area contributed by atoms with Crippen LogP contribution in [-0.4, -0.2) is 11.4 Å². The van der Waals surface area contributed by atoms with Crippen molar-refractivity contribution in [3.63, 3.8) is 0 Å². The molecule has 0 atom stereocenters. The minimum Gasteiger partial charge on any atom is -0.376 e. The van der Waals surface area contributed by atoms with Crippen LogP contribution < -0.4 is 15.7 Å². The zero-order valence-electron chi connectivity index (χ0n) is 39.8. The Morgan fingerprint density at radius 3 is 1.77 bits per heavy atom. The average molecular weight is 919 g/mol. The van der Waals surface area contributed by atoms with Crippen LogP contribution in [0.3, 0.4) is 0 Å². The van der Waals surface area contributed by atoms with Crippen LogP contribution >= 0.6 is 11.3 Å². The molecule has 2 nitrogen and oxygen atoms in total. The summed E-state index contributed by atoms with van der Waals surface area (Å²) in [6.45, 7) is -0.00773. The van der Waals surface area contributed by atoms with E-state index in [0.717, 1.165) is 35.5 Å². The lowest BCUT2D eigenvalue weighted by Crippen LogP contribution is -2.61. The highest BCUT2D eigenvalue weighted by Crippen LogP contribution is 2.63. The standard InChI is InChI=1S/C66H55BN2S/c1-2-8-44(9-3-1)45-14-17-50(18-15-45)69-58-27-47-11-5-4-10-46(47)26-55(58)61-62-59(31-54-51-12-6-7-13-60(51)70-64(54)61)68-57-19-16-48(65-32-38-20-39(33-65)22-40(21-38)34-65)28-52(57)53-29-49(30-56(63(53)68)67(62)69)66-35-41-23-42(36-66)25-43(24-41)37-66/h1-19,26-31,38-43H,20-25,32-37H2. The molecule has 0 amide bonds. The molecular weight excluding hydrogens is 864 g/mol. The molecule has 8 saturated carbocycles. The summed E-state index contributed by atoms with van der Waals surface area (Å²) in [6, 6.07) is 60.3. The summed E-state index contributed by atoms with van der Waals surface area (Å²) < 4.78 is 5.60. The lowest BCUT2D eigenvalue weighted by molar-refractivity contribution is -0.00526. The van der Waals surface area contributed by atoms with Gasteiger partial charge in [-0.05, 0) is 222 Å². The van der Waals surface area contributed by atoms with Gasteiger partial charge in [0.25, 0.3) is 0 Å². The molecule has 0 N–H and O–H groups in total. The fourth-order valence-electron chi connectivity index (χ4n) is 18.7. The SMILES string of the molecule is c1ccc(-c2ccc(N3B4c5c(cc6c(sc7ccccc76)c5-c5cc6ccccc6cc53)-n3c5ccc(C67CC8CC(CC(C8)C6)C7)cc5c5cc(C67CC8CC(CC(C8)C6)C7)cc4c53)cc2)cc1. The number of rotatable bonds is 4. The predicted octanol–water partition coefficient (Wildman–Crippen LogP) is 16.1. The third-order valence-corrected chi connectivity index (χ3v) is 21.8. The van der Waals surface area contributed by atoms with Crippen LogP contribution in [0, 0.1) is 35.5 Å². The van der Waals surface area contributed by atoms with E-state index in [2.05, 4.69) is 161 Å². The fraction of sp³-hybridized carbons (Fsp3) is 0.303. The van der Waals surface area contributed by atoms with Crippen molar-refractivity contribution >= 4 is 93.2 Å². The number of fused-ring (bicyclic) bond motifs is 12. The van der Waals surface area contributed by atoms with E-state index in [1.165, 1.54) is 180 Å². The zero-order chi connectivity index (χ0) is 45.2. The lowest BCUT2D eigenvalue weighted by atomic mass is 9.42. The molecule has 0 radical (unpaired) electrons. The molecule has 10 aliphatic rings. The van der Waals surface area contributed by atoms with Gasteiger partial charge in [0.15, 0.2) is 0 Å². The summed E-state index contributed by atoms with van der Waals surface area (Å²) in [5, 5.41) is 8.38. The maximum Gasteiger partial charge on any atom is 0.333 e. The minimum atomic E-state index is -0.00773. The van der Waals surface area contributed by atoms with E-state index in [4.69, 9.17) is 0 Å². The van der Waals surface area contributed by atoms with Crippen molar-refractivity contribution in [1.82, 2.24) is 4.57 Å². The Balaban J connectivity index is 0.978. The molecule has 70 heavy (non-hydrogen) atoms. The van der Waals surface area contributed by atoms with Crippen molar-refractivity contribution in [2.75, 3.05) is 4.81 Å². The third kappa shape index (κ3) is 5.07. The van der Waals surface area contributed by atoms with E-state index in [9.17, 15) is 0 Å². The summed E-state index contributed by atoms with van der Waals surface area (Å²) in [6.07, 6.45) is 17.1. The second kappa shape index (κ2) is 13.4.